The fraction of sp³-hybridized carbons (Fsp3) is 0.381. The summed E-state index contributed by atoms with van der Waals surface area (Å²) in [4.78, 5) is 29.9. The van der Waals surface area contributed by atoms with Crippen LogP contribution < -0.4 is 25.0 Å². The zero-order valence-electron chi connectivity index (χ0n) is 31.6. The molecular weight excluding hydrogens is 703 g/mol. The summed E-state index contributed by atoms with van der Waals surface area (Å²) in [7, 11) is -0.655. The molecular formula is C42H53N5O6S. The van der Waals surface area contributed by atoms with Crippen LogP contribution in [0, 0.1) is 5.92 Å². The number of methoxy groups -OCH3 is 1. The molecule has 54 heavy (non-hydrogen) atoms. The lowest BCUT2D eigenvalue weighted by Crippen LogP contribution is -2.49. The molecule has 0 radical (unpaired) electrons. The minimum Gasteiger partial charge on any atom is -0.497 e. The van der Waals surface area contributed by atoms with E-state index in [0.29, 0.717) is 12.3 Å². The van der Waals surface area contributed by atoms with Crippen LogP contribution in [0.4, 0.5) is 5.69 Å². The average molecular weight is 756 g/mol. The minimum atomic E-state index is -3.71. The first-order valence-corrected chi connectivity index (χ1v) is 20.3. The Morgan fingerprint density at radius 3 is 2.11 bits per heavy atom. The second kappa shape index (κ2) is 19.0. The van der Waals surface area contributed by atoms with Crippen LogP contribution in [0.3, 0.4) is 0 Å². The SMILES string of the molecule is COc1cccc(CN2CCC(CNCC(O)C(Cc3ccccc3)NC(=O)c3cc(C(=O)NC(C)c4ccccc4)cc(N(C)S(C)(=O)=O)c3)CC2)c1. The number of carbonyl (C=O) groups is 2. The highest BCUT2D eigenvalue weighted by atomic mass is 32.2. The molecule has 2 amide bonds. The average Bonchev–Trinajstić information content (AvgIpc) is 3.18. The Balaban J connectivity index is 1.25. The fourth-order valence-corrected chi connectivity index (χ4v) is 7.20. The number of aliphatic hydroxyl groups excluding tert-OH is 1. The summed E-state index contributed by atoms with van der Waals surface area (Å²) >= 11 is 0. The number of amides is 2. The maximum atomic E-state index is 14.0. The van der Waals surface area contributed by atoms with E-state index in [-0.39, 0.29) is 29.4 Å². The first kappa shape index (κ1) is 40.4. The zero-order chi connectivity index (χ0) is 38.7. The van der Waals surface area contributed by atoms with E-state index in [1.807, 2.05) is 79.7 Å². The van der Waals surface area contributed by atoms with Crippen molar-refractivity contribution < 1.29 is 27.9 Å². The number of nitrogens with one attached hydrogen (secondary N) is 3. The van der Waals surface area contributed by atoms with E-state index < -0.39 is 34.0 Å². The first-order chi connectivity index (χ1) is 25.9. The summed E-state index contributed by atoms with van der Waals surface area (Å²) < 4.78 is 31.5. The standard InChI is InChI=1S/C42H53N5O6S/c1-30(34-15-9-6-10-16-34)44-41(49)35-24-36(26-37(25-35)46(2)54(4,51)52)42(50)45-39(23-31-12-7-5-8-13-31)40(48)28-43-27-32-18-20-47(21-19-32)29-33-14-11-17-38(22-33)53-3/h5-17,22,24-26,30,32,39-40,43,48H,18-21,23,27-29H2,1-4H3,(H,44,49)(H,45,50). The van der Waals surface area contributed by atoms with Gasteiger partial charge in [0, 0.05) is 31.3 Å². The molecule has 1 saturated heterocycles. The Hall–Kier alpha value is -4.75. The number of ether oxygens (including phenoxy) is 1. The first-order valence-electron chi connectivity index (χ1n) is 18.4. The van der Waals surface area contributed by atoms with Gasteiger partial charge in [0.1, 0.15) is 5.75 Å². The van der Waals surface area contributed by atoms with Gasteiger partial charge in [0.05, 0.1) is 37.2 Å². The molecule has 4 N–H and O–H groups in total. The van der Waals surface area contributed by atoms with Crippen LogP contribution >= 0.6 is 0 Å². The van der Waals surface area contributed by atoms with Gasteiger partial charge >= 0.3 is 0 Å². The summed E-state index contributed by atoms with van der Waals surface area (Å²) in [6.45, 7) is 5.71. The number of rotatable bonds is 17. The van der Waals surface area contributed by atoms with E-state index in [9.17, 15) is 23.1 Å². The third-order valence-corrected chi connectivity index (χ3v) is 11.3. The number of carbonyl (C=O) groups excluding carboxylic acids is 2. The molecule has 1 aliphatic heterocycles. The van der Waals surface area contributed by atoms with Gasteiger partial charge in [-0.3, -0.25) is 18.8 Å². The molecule has 12 heteroatoms. The Labute approximate surface area is 319 Å². The Bertz CT molecular complexity index is 1940. The van der Waals surface area contributed by atoms with Crippen LogP contribution in [0.25, 0.3) is 0 Å². The number of hydrogen-bond acceptors (Lipinski definition) is 8. The van der Waals surface area contributed by atoms with Gasteiger partial charge in [0.25, 0.3) is 11.8 Å². The molecule has 5 rings (SSSR count). The number of likely N-dealkylation sites (tertiary alicyclic amines) is 1. The van der Waals surface area contributed by atoms with Crippen LogP contribution in [0.2, 0.25) is 0 Å². The predicted octanol–water partition coefficient (Wildman–Crippen LogP) is 4.79. The molecule has 4 aromatic rings. The highest BCUT2D eigenvalue weighted by Gasteiger charge is 2.26. The largest absolute Gasteiger partial charge is 0.497 e. The molecule has 0 spiro atoms. The second-order valence-corrected chi connectivity index (χ2v) is 16.2. The van der Waals surface area contributed by atoms with E-state index in [1.54, 1.807) is 7.11 Å². The molecule has 3 atom stereocenters. The normalized spacial score (nSPS) is 15.5. The molecule has 288 valence electrons. The van der Waals surface area contributed by atoms with E-state index >= 15 is 0 Å². The van der Waals surface area contributed by atoms with Crippen molar-refractivity contribution in [3.63, 3.8) is 0 Å². The second-order valence-electron chi connectivity index (χ2n) is 14.2. The number of sulfonamides is 1. The molecule has 1 aliphatic rings. The van der Waals surface area contributed by atoms with Gasteiger partial charge < -0.3 is 25.8 Å². The molecule has 1 fully saturated rings. The van der Waals surface area contributed by atoms with Crippen molar-refractivity contribution in [3.8, 4) is 5.75 Å². The topological polar surface area (TPSA) is 140 Å². The van der Waals surface area contributed by atoms with Crippen molar-refractivity contribution >= 4 is 27.5 Å². The van der Waals surface area contributed by atoms with Gasteiger partial charge in [0.15, 0.2) is 0 Å². The molecule has 4 aromatic carbocycles. The van der Waals surface area contributed by atoms with Gasteiger partial charge in [-0.1, -0.05) is 72.8 Å². The lowest BCUT2D eigenvalue weighted by molar-refractivity contribution is 0.0824. The Morgan fingerprint density at radius 1 is 0.870 bits per heavy atom. The number of anilines is 1. The Kier molecular flexibility index (Phi) is 14.2. The van der Waals surface area contributed by atoms with Crippen LogP contribution in [0.15, 0.2) is 103 Å². The van der Waals surface area contributed by atoms with Crippen molar-refractivity contribution in [2.75, 3.05) is 50.9 Å². The van der Waals surface area contributed by atoms with Crippen molar-refractivity contribution in [2.24, 2.45) is 5.92 Å². The Morgan fingerprint density at radius 2 is 1.48 bits per heavy atom. The highest BCUT2D eigenvalue weighted by molar-refractivity contribution is 7.92. The quantitative estimate of drug-likeness (QED) is 0.121. The van der Waals surface area contributed by atoms with Gasteiger partial charge in [-0.05, 0) is 98.8 Å². The maximum Gasteiger partial charge on any atom is 0.251 e. The number of nitrogens with zero attached hydrogens (tertiary/aromatic N) is 2. The van der Waals surface area contributed by atoms with Crippen molar-refractivity contribution in [3.05, 3.63) is 131 Å². The van der Waals surface area contributed by atoms with E-state index in [2.05, 4.69) is 33.0 Å². The third-order valence-electron chi connectivity index (χ3n) is 10.1. The number of hydrogen-bond donors (Lipinski definition) is 4. The number of piperidine rings is 1. The zero-order valence-corrected chi connectivity index (χ0v) is 32.4. The molecule has 0 saturated carbocycles. The molecule has 11 nitrogen and oxygen atoms in total. The van der Waals surface area contributed by atoms with Gasteiger partial charge in [-0.25, -0.2) is 8.42 Å². The van der Waals surface area contributed by atoms with Crippen molar-refractivity contribution in [2.45, 2.75) is 50.9 Å². The van der Waals surface area contributed by atoms with Crippen LogP contribution in [-0.4, -0.2) is 89.0 Å². The number of aliphatic hydroxyl groups is 1. The number of benzene rings is 4. The molecule has 0 bridgehead atoms. The summed E-state index contributed by atoms with van der Waals surface area (Å²) in [5, 5.41) is 20.9. The van der Waals surface area contributed by atoms with Crippen molar-refractivity contribution in [1.29, 1.82) is 0 Å². The smallest absolute Gasteiger partial charge is 0.251 e. The summed E-state index contributed by atoms with van der Waals surface area (Å²) in [6, 6.07) is 30.6. The van der Waals surface area contributed by atoms with Crippen molar-refractivity contribution in [1.82, 2.24) is 20.9 Å². The highest BCUT2D eigenvalue weighted by Crippen LogP contribution is 2.23. The summed E-state index contributed by atoms with van der Waals surface area (Å²) in [5.74, 6) is 0.332. The maximum absolute atomic E-state index is 14.0. The van der Waals surface area contributed by atoms with Crippen LogP contribution in [0.1, 0.15) is 63.2 Å². The molecule has 0 aliphatic carbocycles. The van der Waals surface area contributed by atoms with E-state index in [1.165, 1.54) is 30.8 Å². The summed E-state index contributed by atoms with van der Waals surface area (Å²) in [5.41, 5.74) is 3.46. The minimum absolute atomic E-state index is 0.0967. The molecule has 0 aromatic heterocycles. The molecule has 1 heterocycles. The van der Waals surface area contributed by atoms with Crippen LogP contribution in [-0.2, 0) is 23.0 Å². The van der Waals surface area contributed by atoms with E-state index in [0.717, 1.165) is 66.5 Å². The van der Waals surface area contributed by atoms with Gasteiger partial charge in [0.2, 0.25) is 10.0 Å². The lowest BCUT2D eigenvalue weighted by Gasteiger charge is -2.32. The van der Waals surface area contributed by atoms with Gasteiger partial charge in [-0.15, -0.1) is 0 Å². The fourth-order valence-electron chi connectivity index (χ4n) is 6.71. The van der Waals surface area contributed by atoms with E-state index in [4.69, 9.17) is 4.74 Å². The van der Waals surface area contributed by atoms with Gasteiger partial charge in [-0.2, -0.15) is 0 Å². The predicted molar refractivity (Wildman–Crippen MR) is 213 cm³/mol. The summed E-state index contributed by atoms with van der Waals surface area (Å²) in [6.07, 6.45) is 2.56. The molecule has 3 unspecified atom stereocenters. The lowest BCUT2D eigenvalue weighted by atomic mass is 9.96. The third kappa shape index (κ3) is 11.6. The van der Waals surface area contributed by atoms with Crippen LogP contribution in [0.5, 0.6) is 5.75 Å². The monoisotopic (exact) mass is 755 g/mol.